The van der Waals surface area contributed by atoms with E-state index in [-0.39, 0.29) is 0 Å². The number of aromatic nitrogens is 3. The fraction of sp³-hybridized carbons (Fsp3) is 0.600. The minimum absolute atomic E-state index is 0.583. The highest BCUT2D eigenvalue weighted by molar-refractivity contribution is 5.39. The topological polar surface area (TPSA) is 37.2 Å². The Hall–Kier alpha value is -1.72. The first kappa shape index (κ1) is 16.7. The molecule has 2 aliphatic rings. The Labute approximate surface area is 150 Å². The summed E-state index contributed by atoms with van der Waals surface area (Å²) in [6, 6.07) is 7.24. The molecule has 0 bridgehead atoms. The van der Waals surface area contributed by atoms with E-state index in [1.807, 2.05) is 0 Å². The molecule has 2 aromatic rings. The first-order chi connectivity index (χ1) is 12.0. The van der Waals surface area contributed by atoms with Crippen molar-refractivity contribution in [3.05, 3.63) is 41.0 Å². The highest BCUT2D eigenvalue weighted by Gasteiger charge is 2.31. The van der Waals surface area contributed by atoms with Crippen molar-refractivity contribution in [2.24, 2.45) is 0 Å². The lowest BCUT2D eigenvalue weighted by molar-refractivity contribution is 0.260. The summed E-state index contributed by atoms with van der Waals surface area (Å²) in [7, 11) is 4.36. The van der Waals surface area contributed by atoms with Gasteiger partial charge in [0.1, 0.15) is 5.82 Å². The summed E-state index contributed by atoms with van der Waals surface area (Å²) in [5, 5.41) is 4.88. The SMILES string of the molecule is Cc1ccc(-n2nc(C3CC3)nc2CN2CCC(N(C)C)C2)cc1C. The number of likely N-dealkylation sites (tertiary alicyclic amines) is 1. The lowest BCUT2D eigenvalue weighted by Crippen LogP contribution is -2.31. The van der Waals surface area contributed by atoms with Crippen molar-refractivity contribution in [1.82, 2.24) is 24.6 Å². The van der Waals surface area contributed by atoms with Gasteiger partial charge in [0.15, 0.2) is 5.82 Å². The summed E-state index contributed by atoms with van der Waals surface area (Å²) >= 11 is 0. The van der Waals surface area contributed by atoms with Gasteiger partial charge in [0.25, 0.3) is 0 Å². The van der Waals surface area contributed by atoms with Crippen LogP contribution in [0.2, 0.25) is 0 Å². The number of nitrogens with zero attached hydrogens (tertiary/aromatic N) is 5. The van der Waals surface area contributed by atoms with Gasteiger partial charge in [0.05, 0.1) is 12.2 Å². The molecule has 1 aliphatic carbocycles. The molecule has 1 aliphatic heterocycles. The van der Waals surface area contributed by atoms with Gasteiger partial charge in [-0.3, -0.25) is 4.90 Å². The maximum Gasteiger partial charge on any atom is 0.154 e. The second kappa shape index (κ2) is 6.54. The number of benzene rings is 1. The van der Waals surface area contributed by atoms with Crippen LogP contribution >= 0.6 is 0 Å². The maximum absolute atomic E-state index is 4.93. The molecule has 2 heterocycles. The molecule has 1 saturated heterocycles. The van der Waals surface area contributed by atoms with E-state index in [4.69, 9.17) is 10.1 Å². The third-order valence-corrected chi connectivity index (χ3v) is 5.71. The zero-order valence-corrected chi connectivity index (χ0v) is 15.9. The third-order valence-electron chi connectivity index (χ3n) is 5.71. The van der Waals surface area contributed by atoms with Crippen LogP contribution in [0.4, 0.5) is 0 Å². The van der Waals surface area contributed by atoms with Crippen molar-refractivity contribution >= 4 is 0 Å². The van der Waals surface area contributed by atoms with Crippen LogP contribution in [-0.4, -0.2) is 57.8 Å². The largest absolute Gasteiger partial charge is 0.305 e. The molecule has 1 aromatic heterocycles. The average molecular weight is 339 g/mol. The van der Waals surface area contributed by atoms with Crippen LogP contribution in [0, 0.1) is 13.8 Å². The van der Waals surface area contributed by atoms with Gasteiger partial charge in [-0.1, -0.05) is 6.07 Å². The van der Waals surface area contributed by atoms with Gasteiger partial charge in [0, 0.05) is 25.0 Å². The Morgan fingerprint density at radius 2 is 1.92 bits per heavy atom. The predicted octanol–water partition coefficient (Wildman–Crippen LogP) is 2.90. The lowest BCUT2D eigenvalue weighted by Gasteiger charge is -2.20. The van der Waals surface area contributed by atoms with Gasteiger partial charge in [-0.05, 0) is 70.5 Å². The fourth-order valence-corrected chi connectivity index (χ4v) is 3.62. The molecule has 1 saturated carbocycles. The molecule has 0 radical (unpaired) electrons. The summed E-state index contributed by atoms with van der Waals surface area (Å²) in [6.45, 7) is 7.46. The summed E-state index contributed by atoms with van der Waals surface area (Å²) < 4.78 is 2.09. The monoisotopic (exact) mass is 339 g/mol. The minimum Gasteiger partial charge on any atom is -0.305 e. The molecular weight excluding hydrogens is 310 g/mol. The average Bonchev–Trinajstić information content (AvgIpc) is 3.18. The van der Waals surface area contributed by atoms with E-state index >= 15 is 0 Å². The van der Waals surface area contributed by atoms with E-state index in [1.54, 1.807) is 0 Å². The molecule has 0 N–H and O–H groups in total. The van der Waals surface area contributed by atoms with E-state index in [0.29, 0.717) is 12.0 Å². The lowest BCUT2D eigenvalue weighted by atomic mass is 10.1. The Morgan fingerprint density at radius 3 is 2.56 bits per heavy atom. The molecule has 134 valence electrons. The number of aryl methyl sites for hydroxylation is 2. The molecule has 0 spiro atoms. The van der Waals surface area contributed by atoms with Crippen molar-refractivity contribution in [2.75, 3.05) is 27.2 Å². The molecule has 1 unspecified atom stereocenters. The second-order valence-electron chi connectivity index (χ2n) is 7.98. The minimum atomic E-state index is 0.583. The van der Waals surface area contributed by atoms with Crippen LogP contribution in [-0.2, 0) is 6.54 Å². The van der Waals surface area contributed by atoms with Gasteiger partial charge in [0.2, 0.25) is 0 Å². The molecule has 1 atom stereocenters. The molecule has 2 fully saturated rings. The molecule has 4 rings (SSSR count). The van der Waals surface area contributed by atoms with E-state index in [0.717, 1.165) is 37.0 Å². The molecule has 5 heteroatoms. The summed E-state index contributed by atoms with van der Waals surface area (Å²) in [4.78, 5) is 9.78. The van der Waals surface area contributed by atoms with Crippen LogP contribution in [0.5, 0.6) is 0 Å². The number of hydrogen-bond acceptors (Lipinski definition) is 4. The van der Waals surface area contributed by atoms with E-state index in [2.05, 4.69) is 60.6 Å². The van der Waals surface area contributed by atoms with E-state index < -0.39 is 0 Å². The predicted molar refractivity (Wildman–Crippen MR) is 100 cm³/mol. The van der Waals surface area contributed by atoms with Crippen LogP contribution in [0.1, 0.15) is 48.0 Å². The number of likely N-dealkylation sites (N-methyl/N-ethyl adjacent to an activating group) is 1. The highest BCUT2D eigenvalue weighted by atomic mass is 15.4. The van der Waals surface area contributed by atoms with Gasteiger partial charge in [-0.2, -0.15) is 5.10 Å². The molecule has 25 heavy (non-hydrogen) atoms. The van der Waals surface area contributed by atoms with Crippen LogP contribution in [0.25, 0.3) is 5.69 Å². The van der Waals surface area contributed by atoms with Crippen LogP contribution in [0.3, 0.4) is 0 Å². The maximum atomic E-state index is 4.93. The van der Waals surface area contributed by atoms with Crippen molar-refractivity contribution in [3.8, 4) is 5.69 Å². The first-order valence-electron chi connectivity index (χ1n) is 9.43. The smallest absolute Gasteiger partial charge is 0.154 e. The van der Waals surface area contributed by atoms with Gasteiger partial charge >= 0.3 is 0 Å². The van der Waals surface area contributed by atoms with Crippen molar-refractivity contribution in [1.29, 1.82) is 0 Å². The highest BCUT2D eigenvalue weighted by Crippen LogP contribution is 2.38. The van der Waals surface area contributed by atoms with Gasteiger partial charge in [-0.25, -0.2) is 9.67 Å². The van der Waals surface area contributed by atoms with E-state index in [1.165, 1.54) is 30.4 Å². The normalized spacial score (nSPS) is 21.4. The summed E-state index contributed by atoms with van der Waals surface area (Å²) in [5.41, 5.74) is 3.77. The van der Waals surface area contributed by atoms with Crippen molar-refractivity contribution < 1.29 is 0 Å². The molecule has 0 amide bonds. The standard InChI is InChI=1S/C20H29N5/c1-14-5-8-17(11-15(14)2)25-19(21-20(22-25)16-6-7-16)13-24-10-9-18(12-24)23(3)4/h5,8,11,16,18H,6-7,9-10,12-13H2,1-4H3. The third kappa shape index (κ3) is 3.48. The quantitative estimate of drug-likeness (QED) is 0.839. The summed E-state index contributed by atoms with van der Waals surface area (Å²) in [6.07, 6.45) is 3.71. The zero-order chi connectivity index (χ0) is 17.6. The van der Waals surface area contributed by atoms with Gasteiger partial charge < -0.3 is 4.90 Å². The second-order valence-corrected chi connectivity index (χ2v) is 7.98. The molecular formula is C20H29N5. The Bertz CT molecular complexity index is 759. The van der Waals surface area contributed by atoms with Crippen molar-refractivity contribution in [2.45, 2.75) is 51.6 Å². The number of rotatable bonds is 5. The summed E-state index contributed by atoms with van der Waals surface area (Å²) in [5.74, 6) is 2.71. The van der Waals surface area contributed by atoms with Crippen LogP contribution in [0.15, 0.2) is 18.2 Å². The van der Waals surface area contributed by atoms with Crippen molar-refractivity contribution in [3.63, 3.8) is 0 Å². The Balaban J connectivity index is 1.61. The zero-order valence-electron chi connectivity index (χ0n) is 15.9. The van der Waals surface area contributed by atoms with Gasteiger partial charge in [-0.15, -0.1) is 0 Å². The van der Waals surface area contributed by atoms with Crippen LogP contribution < -0.4 is 0 Å². The fourth-order valence-electron chi connectivity index (χ4n) is 3.62. The number of hydrogen-bond donors (Lipinski definition) is 0. The molecule has 5 nitrogen and oxygen atoms in total. The Morgan fingerprint density at radius 1 is 1.12 bits per heavy atom. The Kier molecular flexibility index (Phi) is 4.38. The molecule has 1 aromatic carbocycles. The van der Waals surface area contributed by atoms with E-state index in [9.17, 15) is 0 Å². The first-order valence-corrected chi connectivity index (χ1v) is 9.43.